The average Bonchev–Trinajstić information content (AvgIpc) is 2.28. The molecule has 0 bridgehead atoms. The molecule has 0 aliphatic heterocycles. The third-order valence-electron chi connectivity index (χ3n) is 2.51. The second-order valence-corrected chi connectivity index (χ2v) is 4.18. The Bertz CT molecular complexity index is 398. The number of nitrogens with zero attached hydrogens (tertiary/aromatic N) is 2. The Morgan fingerprint density at radius 3 is 2.76 bits per heavy atom. The third kappa shape index (κ3) is 3.85. The van der Waals surface area contributed by atoms with Gasteiger partial charge in [0.05, 0.1) is 4.92 Å². The molecule has 17 heavy (non-hydrogen) atoms. The lowest BCUT2D eigenvalue weighted by Crippen LogP contribution is -2.19. The zero-order valence-corrected chi connectivity index (χ0v) is 10.7. The van der Waals surface area contributed by atoms with Crippen LogP contribution in [0.3, 0.4) is 0 Å². The predicted octanol–water partition coefficient (Wildman–Crippen LogP) is 3.63. The zero-order chi connectivity index (χ0) is 12.8. The van der Waals surface area contributed by atoms with Crippen molar-refractivity contribution in [2.75, 3.05) is 5.32 Å². The first-order valence-corrected chi connectivity index (χ1v) is 6.03. The Hall–Kier alpha value is -1.36. The Kier molecular flexibility index (Phi) is 5.15. The molecule has 0 saturated heterocycles. The molecule has 6 heteroatoms. The summed E-state index contributed by atoms with van der Waals surface area (Å²) in [7, 11) is 0. The van der Waals surface area contributed by atoms with E-state index in [2.05, 4.69) is 17.2 Å². The van der Waals surface area contributed by atoms with Crippen molar-refractivity contribution in [1.29, 1.82) is 0 Å². The number of halogens is 1. The van der Waals surface area contributed by atoms with Crippen molar-refractivity contribution in [1.82, 2.24) is 4.98 Å². The van der Waals surface area contributed by atoms with E-state index < -0.39 is 4.92 Å². The summed E-state index contributed by atoms with van der Waals surface area (Å²) >= 11 is 5.75. The lowest BCUT2D eigenvalue weighted by atomic mass is 10.1. The van der Waals surface area contributed by atoms with Gasteiger partial charge in [-0.15, -0.1) is 0 Å². The van der Waals surface area contributed by atoms with Crippen LogP contribution in [0.4, 0.5) is 11.5 Å². The van der Waals surface area contributed by atoms with Crippen molar-refractivity contribution in [2.24, 2.45) is 0 Å². The van der Waals surface area contributed by atoms with Crippen LogP contribution >= 0.6 is 11.6 Å². The zero-order valence-electron chi connectivity index (χ0n) is 9.94. The molecule has 0 aromatic carbocycles. The van der Waals surface area contributed by atoms with Crippen molar-refractivity contribution >= 4 is 23.1 Å². The predicted molar refractivity (Wildman–Crippen MR) is 68.5 cm³/mol. The summed E-state index contributed by atoms with van der Waals surface area (Å²) in [5.74, 6) is 0.253. The molecule has 1 atom stereocenters. The standard InChI is InChI=1S/C11H16ClN3O2/c1-3-5-8(4-2)13-11-9(15(16)17)6-7-10(12)14-11/h6-8H,3-5H2,1-2H3,(H,13,14)/t8-/m1/s1. The molecule has 0 radical (unpaired) electrons. The number of anilines is 1. The van der Waals surface area contributed by atoms with Crippen molar-refractivity contribution in [3.8, 4) is 0 Å². The van der Waals surface area contributed by atoms with Gasteiger partial charge in [-0.1, -0.05) is 31.9 Å². The molecule has 1 aromatic rings. The summed E-state index contributed by atoms with van der Waals surface area (Å²) in [5, 5.41) is 14.2. The molecular weight excluding hydrogens is 242 g/mol. The largest absolute Gasteiger partial charge is 0.362 e. The highest BCUT2D eigenvalue weighted by Gasteiger charge is 2.18. The van der Waals surface area contributed by atoms with Crippen LogP contribution in [0.2, 0.25) is 5.15 Å². The summed E-state index contributed by atoms with van der Waals surface area (Å²) in [6, 6.07) is 2.98. The minimum Gasteiger partial charge on any atom is -0.362 e. The normalized spacial score (nSPS) is 12.2. The number of hydrogen-bond acceptors (Lipinski definition) is 4. The topological polar surface area (TPSA) is 68.1 Å². The maximum absolute atomic E-state index is 10.8. The summed E-state index contributed by atoms with van der Waals surface area (Å²) in [4.78, 5) is 14.4. The highest BCUT2D eigenvalue weighted by molar-refractivity contribution is 6.29. The van der Waals surface area contributed by atoms with Gasteiger partial charge in [0, 0.05) is 12.1 Å². The van der Waals surface area contributed by atoms with Crippen LogP contribution in [0.25, 0.3) is 0 Å². The maximum Gasteiger partial charge on any atom is 0.311 e. The maximum atomic E-state index is 10.8. The van der Waals surface area contributed by atoms with Gasteiger partial charge < -0.3 is 5.32 Å². The summed E-state index contributed by atoms with van der Waals surface area (Å²) in [6.45, 7) is 4.11. The molecule has 94 valence electrons. The van der Waals surface area contributed by atoms with Gasteiger partial charge in [-0.25, -0.2) is 4.98 Å². The highest BCUT2D eigenvalue weighted by Crippen LogP contribution is 2.25. The first kappa shape index (κ1) is 13.7. The number of rotatable bonds is 6. The van der Waals surface area contributed by atoms with E-state index in [0.717, 1.165) is 19.3 Å². The molecule has 1 N–H and O–H groups in total. The first-order chi connectivity index (χ1) is 8.08. The van der Waals surface area contributed by atoms with Crippen molar-refractivity contribution in [3.63, 3.8) is 0 Å². The van der Waals surface area contributed by atoms with Gasteiger partial charge in [-0.05, 0) is 18.9 Å². The van der Waals surface area contributed by atoms with Crippen LogP contribution < -0.4 is 5.32 Å². The average molecular weight is 258 g/mol. The molecule has 1 rings (SSSR count). The van der Waals surface area contributed by atoms with E-state index in [1.807, 2.05) is 6.92 Å². The van der Waals surface area contributed by atoms with Crippen LogP contribution in [0.1, 0.15) is 33.1 Å². The van der Waals surface area contributed by atoms with Gasteiger partial charge in [0.1, 0.15) is 5.15 Å². The Morgan fingerprint density at radius 2 is 2.24 bits per heavy atom. The lowest BCUT2D eigenvalue weighted by molar-refractivity contribution is -0.384. The molecule has 0 aliphatic carbocycles. The van der Waals surface area contributed by atoms with Gasteiger partial charge in [0.15, 0.2) is 0 Å². The molecule has 0 saturated carbocycles. The fourth-order valence-electron chi connectivity index (χ4n) is 1.60. The molecule has 5 nitrogen and oxygen atoms in total. The molecule has 0 spiro atoms. The molecule has 0 amide bonds. The molecule has 1 heterocycles. The van der Waals surface area contributed by atoms with Crippen molar-refractivity contribution in [3.05, 3.63) is 27.4 Å². The smallest absolute Gasteiger partial charge is 0.311 e. The van der Waals surface area contributed by atoms with Crippen LogP contribution in [-0.2, 0) is 0 Å². The fraction of sp³-hybridized carbons (Fsp3) is 0.545. The van der Waals surface area contributed by atoms with E-state index in [1.165, 1.54) is 12.1 Å². The van der Waals surface area contributed by atoms with Crippen LogP contribution in [0, 0.1) is 10.1 Å². The highest BCUT2D eigenvalue weighted by atomic mass is 35.5. The second-order valence-electron chi connectivity index (χ2n) is 3.80. The van der Waals surface area contributed by atoms with Gasteiger partial charge in [-0.3, -0.25) is 10.1 Å². The summed E-state index contributed by atoms with van der Waals surface area (Å²) < 4.78 is 0. The van der Waals surface area contributed by atoms with Gasteiger partial charge in [0.25, 0.3) is 0 Å². The summed E-state index contributed by atoms with van der Waals surface area (Å²) in [6.07, 6.45) is 2.85. The van der Waals surface area contributed by atoms with Gasteiger partial charge in [-0.2, -0.15) is 0 Å². The van der Waals surface area contributed by atoms with Crippen LogP contribution in [0.15, 0.2) is 12.1 Å². The van der Waals surface area contributed by atoms with Gasteiger partial charge in [0.2, 0.25) is 5.82 Å². The van der Waals surface area contributed by atoms with Crippen molar-refractivity contribution < 1.29 is 4.92 Å². The SMILES string of the molecule is CCC[C@@H](CC)Nc1nc(Cl)ccc1[N+](=O)[O-]. The Balaban J connectivity index is 2.94. The Labute approximate surface area is 105 Å². The van der Waals surface area contributed by atoms with E-state index in [9.17, 15) is 10.1 Å². The number of hydrogen-bond donors (Lipinski definition) is 1. The van der Waals surface area contributed by atoms with Crippen molar-refractivity contribution in [2.45, 2.75) is 39.2 Å². The van der Waals surface area contributed by atoms with Crippen LogP contribution in [0.5, 0.6) is 0 Å². The number of nitro groups is 1. The number of nitrogens with one attached hydrogen (secondary N) is 1. The molecule has 0 unspecified atom stereocenters. The molecule has 0 fully saturated rings. The van der Waals surface area contributed by atoms with E-state index >= 15 is 0 Å². The second kappa shape index (κ2) is 6.39. The number of pyridine rings is 1. The van der Waals surface area contributed by atoms with Gasteiger partial charge >= 0.3 is 5.69 Å². The van der Waals surface area contributed by atoms with E-state index in [1.54, 1.807) is 0 Å². The van der Waals surface area contributed by atoms with E-state index in [0.29, 0.717) is 0 Å². The minimum atomic E-state index is -0.454. The summed E-state index contributed by atoms with van der Waals surface area (Å²) in [5.41, 5.74) is -0.0380. The minimum absolute atomic E-state index is 0.0380. The number of aromatic nitrogens is 1. The van der Waals surface area contributed by atoms with E-state index in [4.69, 9.17) is 11.6 Å². The molecule has 0 aliphatic rings. The first-order valence-electron chi connectivity index (χ1n) is 5.66. The van der Waals surface area contributed by atoms with E-state index in [-0.39, 0.29) is 22.7 Å². The lowest BCUT2D eigenvalue weighted by Gasteiger charge is -2.16. The quantitative estimate of drug-likeness (QED) is 0.480. The Morgan fingerprint density at radius 1 is 1.53 bits per heavy atom. The molecular formula is C11H16ClN3O2. The molecule has 1 aromatic heterocycles. The van der Waals surface area contributed by atoms with Crippen LogP contribution in [-0.4, -0.2) is 15.9 Å². The third-order valence-corrected chi connectivity index (χ3v) is 2.72. The monoisotopic (exact) mass is 257 g/mol. The fourth-order valence-corrected chi connectivity index (χ4v) is 1.75.